The van der Waals surface area contributed by atoms with Crippen LogP contribution in [0.4, 0.5) is 0 Å². The Hall–Kier alpha value is -2.51. The van der Waals surface area contributed by atoms with E-state index in [-0.39, 0.29) is 16.9 Å². The van der Waals surface area contributed by atoms with Gasteiger partial charge in [0.1, 0.15) is 5.69 Å². The van der Waals surface area contributed by atoms with E-state index in [1.807, 2.05) is 15.8 Å². The van der Waals surface area contributed by atoms with Crippen molar-refractivity contribution in [2.24, 2.45) is 13.0 Å². The smallest absolute Gasteiger partial charge is 0.274 e. The van der Waals surface area contributed by atoms with E-state index in [1.165, 1.54) is 16.8 Å². The van der Waals surface area contributed by atoms with Crippen LogP contribution in [-0.4, -0.2) is 48.7 Å². The molecule has 8 nitrogen and oxygen atoms in total. The van der Waals surface area contributed by atoms with Crippen molar-refractivity contribution in [3.63, 3.8) is 0 Å². The van der Waals surface area contributed by atoms with Gasteiger partial charge >= 0.3 is 0 Å². The SMILES string of the molecule is Cn1nc(C(=O)N2CCCC(Cn3cc(C(C)(C)C)nn3)C2)ccc1=O. The number of likely N-dealkylation sites (tertiary alicyclic amines) is 1. The van der Waals surface area contributed by atoms with Crippen molar-refractivity contribution >= 4 is 5.91 Å². The van der Waals surface area contributed by atoms with Gasteiger partial charge in [0.05, 0.1) is 5.69 Å². The lowest BCUT2D eigenvalue weighted by atomic mass is 9.93. The summed E-state index contributed by atoms with van der Waals surface area (Å²) in [6, 6.07) is 2.88. The van der Waals surface area contributed by atoms with Crippen LogP contribution in [0, 0.1) is 5.92 Å². The molecule has 3 heterocycles. The summed E-state index contributed by atoms with van der Waals surface area (Å²) in [5, 5.41) is 12.6. The molecule has 0 N–H and O–H groups in total. The average Bonchev–Trinajstić information content (AvgIpc) is 3.06. The second-order valence-corrected chi connectivity index (χ2v) is 8.02. The Morgan fingerprint density at radius 1 is 1.31 bits per heavy atom. The van der Waals surface area contributed by atoms with Crippen LogP contribution in [0.3, 0.4) is 0 Å². The zero-order valence-corrected chi connectivity index (χ0v) is 15.8. The summed E-state index contributed by atoms with van der Waals surface area (Å²) in [7, 11) is 1.55. The summed E-state index contributed by atoms with van der Waals surface area (Å²) < 4.78 is 3.07. The van der Waals surface area contributed by atoms with Crippen LogP contribution in [-0.2, 0) is 19.0 Å². The average molecular weight is 358 g/mol. The molecule has 0 saturated carbocycles. The molecule has 0 radical (unpaired) electrons. The molecule has 1 amide bonds. The fourth-order valence-electron chi connectivity index (χ4n) is 3.17. The quantitative estimate of drug-likeness (QED) is 0.823. The van der Waals surface area contributed by atoms with E-state index in [0.29, 0.717) is 24.7 Å². The van der Waals surface area contributed by atoms with Gasteiger partial charge < -0.3 is 4.90 Å². The molecule has 3 rings (SSSR count). The van der Waals surface area contributed by atoms with Gasteiger partial charge in [0.15, 0.2) is 0 Å². The van der Waals surface area contributed by atoms with E-state index in [2.05, 4.69) is 36.2 Å². The van der Waals surface area contributed by atoms with Gasteiger partial charge in [-0.05, 0) is 24.8 Å². The van der Waals surface area contributed by atoms with E-state index in [0.717, 1.165) is 25.1 Å². The number of piperidine rings is 1. The van der Waals surface area contributed by atoms with Gasteiger partial charge in [-0.3, -0.25) is 14.3 Å². The van der Waals surface area contributed by atoms with Crippen LogP contribution in [0.2, 0.25) is 0 Å². The van der Waals surface area contributed by atoms with Crippen LogP contribution in [0.1, 0.15) is 49.8 Å². The van der Waals surface area contributed by atoms with Gasteiger partial charge in [0.25, 0.3) is 11.5 Å². The third kappa shape index (κ3) is 4.00. The van der Waals surface area contributed by atoms with Gasteiger partial charge in [0.2, 0.25) is 0 Å². The predicted molar refractivity (Wildman–Crippen MR) is 96.8 cm³/mol. The van der Waals surface area contributed by atoms with Gasteiger partial charge in [0, 0.05) is 44.4 Å². The van der Waals surface area contributed by atoms with Crippen molar-refractivity contribution in [1.29, 1.82) is 0 Å². The normalized spacial score (nSPS) is 18.2. The number of hydrogen-bond acceptors (Lipinski definition) is 5. The zero-order chi connectivity index (χ0) is 18.9. The zero-order valence-electron chi connectivity index (χ0n) is 15.8. The van der Waals surface area contributed by atoms with Crippen LogP contribution >= 0.6 is 0 Å². The van der Waals surface area contributed by atoms with E-state index in [1.54, 1.807) is 7.05 Å². The summed E-state index contributed by atoms with van der Waals surface area (Å²) in [5.41, 5.74) is 1.03. The third-order valence-corrected chi connectivity index (χ3v) is 4.74. The minimum Gasteiger partial charge on any atom is -0.337 e. The Labute approximate surface area is 152 Å². The molecule has 1 unspecified atom stereocenters. The summed E-state index contributed by atoms with van der Waals surface area (Å²) in [5.74, 6) is 0.203. The van der Waals surface area contributed by atoms with Crippen LogP contribution in [0.15, 0.2) is 23.1 Å². The Bertz CT molecular complexity index is 848. The van der Waals surface area contributed by atoms with Crippen LogP contribution in [0.5, 0.6) is 0 Å². The highest BCUT2D eigenvalue weighted by molar-refractivity contribution is 5.92. The molecule has 0 aromatic carbocycles. The number of aromatic nitrogens is 5. The van der Waals surface area contributed by atoms with Crippen molar-refractivity contribution in [3.8, 4) is 0 Å². The summed E-state index contributed by atoms with van der Waals surface area (Å²) in [6.07, 6.45) is 3.99. The van der Waals surface area contributed by atoms with Crippen molar-refractivity contribution < 1.29 is 4.79 Å². The lowest BCUT2D eigenvalue weighted by molar-refractivity contribution is 0.0651. The third-order valence-electron chi connectivity index (χ3n) is 4.74. The number of amides is 1. The maximum atomic E-state index is 12.7. The van der Waals surface area contributed by atoms with Crippen molar-refractivity contribution in [2.75, 3.05) is 13.1 Å². The number of nitrogens with zero attached hydrogens (tertiary/aromatic N) is 6. The molecule has 0 aliphatic carbocycles. The second kappa shape index (κ2) is 7.01. The Morgan fingerprint density at radius 2 is 2.08 bits per heavy atom. The predicted octanol–water partition coefficient (Wildman–Crippen LogP) is 1.22. The molecule has 8 heteroatoms. The molecule has 2 aromatic rings. The monoisotopic (exact) mass is 358 g/mol. The Kier molecular flexibility index (Phi) is 4.93. The lowest BCUT2D eigenvalue weighted by Crippen LogP contribution is -2.42. The molecule has 140 valence electrons. The van der Waals surface area contributed by atoms with Gasteiger partial charge in [-0.1, -0.05) is 26.0 Å². The molecule has 2 aromatic heterocycles. The number of rotatable bonds is 3. The molecular weight excluding hydrogens is 332 g/mol. The minimum atomic E-state index is -0.223. The maximum Gasteiger partial charge on any atom is 0.274 e. The summed E-state index contributed by atoms with van der Waals surface area (Å²) in [6.45, 7) is 8.46. The lowest BCUT2D eigenvalue weighted by Gasteiger charge is -2.32. The van der Waals surface area contributed by atoms with E-state index < -0.39 is 0 Å². The first-order valence-electron chi connectivity index (χ1n) is 8.98. The van der Waals surface area contributed by atoms with Gasteiger partial charge in [-0.25, -0.2) is 4.68 Å². The molecule has 0 bridgehead atoms. The number of aryl methyl sites for hydroxylation is 1. The molecule has 0 spiro atoms. The molecule has 26 heavy (non-hydrogen) atoms. The first-order chi connectivity index (χ1) is 12.2. The molecule has 1 saturated heterocycles. The first-order valence-corrected chi connectivity index (χ1v) is 8.98. The molecule has 1 aliphatic heterocycles. The van der Waals surface area contributed by atoms with Crippen LogP contribution < -0.4 is 5.56 Å². The van der Waals surface area contributed by atoms with Crippen molar-refractivity contribution in [1.82, 2.24) is 29.7 Å². The van der Waals surface area contributed by atoms with Gasteiger partial charge in [-0.2, -0.15) is 5.10 Å². The number of hydrogen-bond donors (Lipinski definition) is 0. The minimum absolute atomic E-state index is 0.0261. The highest BCUT2D eigenvalue weighted by atomic mass is 16.2. The molecular formula is C18H26N6O2. The molecule has 1 fully saturated rings. The first kappa shape index (κ1) is 18.3. The summed E-state index contributed by atoms with van der Waals surface area (Å²) in [4.78, 5) is 26.0. The Balaban J connectivity index is 1.67. The standard InChI is InChI=1S/C18H26N6O2/c1-18(2,3)15-12-24(21-19-15)11-13-6-5-9-23(10-13)17(26)14-7-8-16(25)22(4)20-14/h7-8,12-13H,5-6,9-11H2,1-4H3. The van der Waals surface area contributed by atoms with Crippen molar-refractivity contribution in [3.05, 3.63) is 40.1 Å². The molecule has 1 atom stereocenters. The van der Waals surface area contributed by atoms with Crippen molar-refractivity contribution in [2.45, 2.75) is 45.6 Å². The fourth-order valence-corrected chi connectivity index (χ4v) is 3.17. The summed E-state index contributed by atoms with van der Waals surface area (Å²) >= 11 is 0. The Morgan fingerprint density at radius 3 is 2.73 bits per heavy atom. The molecule has 1 aliphatic rings. The number of carbonyl (C=O) groups is 1. The highest BCUT2D eigenvalue weighted by Crippen LogP contribution is 2.22. The maximum absolute atomic E-state index is 12.7. The number of carbonyl (C=O) groups excluding carboxylic acids is 1. The van der Waals surface area contributed by atoms with Gasteiger partial charge in [-0.15, -0.1) is 5.10 Å². The topological polar surface area (TPSA) is 85.9 Å². The van der Waals surface area contributed by atoms with E-state index >= 15 is 0 Å². The van der Waals surface area contributed by atoms with E-state index in [4.69, 9.17) is 0 Å². The highest BCUT2D eigenvalue weighted by Gasteiger charge is 2.26. The van der Waals surface area contributed by atoms with Crippen LogP contribution in [0.25, 0.3) is 0 Å². The van der Waals surface area contributed by atoms with E-state index in [9.17, 15) is 9.59 Å². The fraction of sp³-hybridized carbons (Fsp3) is 0.611. The second-order valence-electron chi connectivity index (χ2n) is 8.02. The largest absolute Gasteiger partial charge is 0.337 e.